The summed E-state index contributed by atoms with van der Waals surface area (Å²) in [5.41, 5.74) is 0. The van der Waals surface area contributed by atoms with Crippen molar-refractivity contribution in [1.82, 2.24) is 9.29 Å². The molecule has 5 nitrogen and oxygen atoms in total. The molecule has 0 bridgehead atoms. The van der Waals surface area contributed by atoms with Gasteiger partial charge in [0.15, 0.2) is 0 Å². The molecule has 2 heterocycles. The Morgan fingerprint density at radius 2 is 2.30 bits per heavy atom. The van der Waals surface area contributed by atoms with Crippen LogP contribution in [0.15, 0.2) is 23.2 Å². The van der Waals surface area contributed by atoms with E-state index in [4.69, 9.17) is 0 Å². The van der Waals surface area contributed by atoms with Crippen molar-refractivity contribution in [2.24, 2.45) is 0 Å². The zero-order chi connectivity index (χ0) is 14.6. The van der Waals surface area contributed by atoms with Gasteiger partial charge in [-0.25, -0.2) is 13.4 Å². The Labute approximate surface area is 125 Å². The second-order valence-electron chi connectivity index (χ2n) is 4.64. The normalized spacial score (nSPS) is 20.8. The Balaban J connectivity index is 2.30. The monoisotopic (exact) mass is 315 g/mol. The fraction of sp³-hybridized carbons (Fsp3) is 0.615. The third kappa shape index (κ3) is 3.27. The molecule has 1 saturated heterocycles. The predicted octanol–water partition coefficient (Wildman–Crippen LogP) is 2.03. The second kappa shape index (κ2) is 6.78. The number of nitrogens with one attached hydrogen (secondary N) is 1. The molecule has 112 valence electrons. The van der Waals surface area contributed by atoms with Crippen molar-refractivity contribution in [3.63, 3.8) is 0 Å². The first-order valence-electron chi connectivity index (χ1n) is 6.90. The molecule has 1 N–H and O–H groups in total. The lowest BCUT2D eigenvalue weighted by atomic mass is 10.3. The van der Waals surface area contributed by atoms with Gasteiger partial charge in [0.2, 0.25) is 10.0 Å². The van der Waals surface area contributed by atoms with Crippen LogP contribution in [0, 0.1) is 0 Å². The minimum absolute atomic E-state index is 0.281. The standard InChI is InChI=1S/C13H21N3O2S2/c1-3-11-10-16(8-9-19-11)20(17,18)12-6-5-7-15-13(12)14-4-2/h5-7,11H,3-4,8-10H2,1-2H3,(H,14,15). The summed E-state index contributed by atoms with van der Waals surface area (Å²) >= 11 is 1.86. The van der Waals surface area contributed by atoms with E-state index in [0.29, 0.717) is 30.7 Å². The van der Waals surface area contributed by atoms with Crippen molar-refractivity contribution >= 4 is 27.6 Å². The Hall–Kier alpha value is -0.790. The summed E-state index contributed by atoms with van der Waals surface area (Å²) in [5, 5.41) is 3.41. The van der Waals surface area contributed by atoms with E-state index in [-0.39, 0.29) is 4.90 Å². The van der Waals surface area contributed by atoms with E-state index in [1.54, 1.807) is 22.6 Å². The lowest BCUT2D eigenvalue weighted by molar-refractivity contribution is 0.416. The third-order valence-electron chi connectivity index (χ3n) is 3.29. The fourth-order valence-corrected chi connectivity index (χ4v) is 5.19. The van der Waals surface area contributed by atoms with E-state index in [9.17, 15) is 8.42 Å². The number of sulfonamides is 1. The first-order valence-corrected chi connectivity index (χ1v) is 9.39. The maximum atomic E-state index is 12.8. The highest BCUT2D eigenvalue weighted by Crippen LogP contribution is 2.28. The van der Waals surface area contributed by atoms with E-state index in [2.05, 4.69) is 17.2 Å². The second-order valence-corrected chi connectivity index (χ2v) is 7.96. The van der Waals surface area contributed by atoms with Crippen LogP contribution in [0.1, 0.15) is 20.3 Å². The van der Waals surface area contributed by atoms with Crippen LogP contribution in [0.2, 0.25) is 0 Å². The van der Waals surface area contributed by atoms with Gasteiger partial charge in [0.1, 0.15) is 10.7 Å². The van der Waals surface area contributed by atoms with Crippen molar-refractivity contribution in [2.75, 3.05) is 30.7 Å². The Bertz CT molecular complexity index is 548. The van der Waals surface area contributed by atoms with Gasteiger partial charge >= 0.3 is 0 Å². The van der Waals surface area contributed by atoms with Gasteiger partial charge in [-0.05, 0) is 25.5 Å². The summed E-state index contributed by atoms with van der Waals surface area (Å²) in [6.07, 6.45) is 2.60. The molecule has 1 unspecified atom stereocenters. The average molecular weight is 315 g/mol. The molecule has 0 radical (unpaired) electrons. The van der Waals surface area contributed by atoms with Gasteiger partial charge in [-0.15, -0.1) is 0 Å². The number of nitrogens with zero attached hydrogens (tertiary/aromatic N) is 2. The van der Waals surface area contributed by atoms with Crippen LogP contribution in [0.5, 0.6) is 0 Å². The quantitative estimate of drug-likeness (QED) is 0.901. The van der Waals surface area contributed by atoms with Gasteiger partial charge in [0.05, 0.1) is 0 Å². The van der Waals surface area contributed by atoms with E-state index >= 15 is 0 Å². The molecule has 1 fully saturated rings. The minimum atomic E-state index is -3.46. The lowest BCUT2D eigenvalue weighted by Gasteiger charge is -2.31. The van der Waals surface area contributed by atoms with Gasteiger partial charge < -0.3 is 5.32 Å². The van der Waals surface area contributed by atoms with E-state index in [1.807, 2.05) is 18.7 Å². The molecule has 0 amide bonds. The number of aromatic nitrogens is 1. The van der Waals surface area contributed by atoms with Gasteiger partial charge in [0, 0.05) is 36.8 Å². The SMILES string of the molecule is CCNc1ncccc1S(=O)(=O)N1CCSC(CC)C1. The van der Waals surface area contributed by atoms with E-state index in [0.717, 1.165) is 12.2 Å². The van der Waals surface area contributed by atoms with Crippen LogP contribution in [0.25, 0.3) is 0 Å². The Morgan fingerprint density at radius 1 is 1.50 bits per heavy atom. The summed E-state index contributed by atoms with van der Waals surface area (Å²) in [6.45, 7) is 5.83. The Morgan fingerprint density at radius 3 is 3.00 bits per heavy atom. The summed E-state index contributed by atoms with van der Waals surface area (Å²) in [6, 6.07) is 3.30. The van der Waals surface area contributed by atoms with Gasteiger partial charge in [0.25, 0.3) is 0 Å². The molecule has 0 spiro atoms. The molecule has 0 aromatic carbocycles. The van der Waals surface area contributed by atoms with Crippen LogP contribution in [-0.4, -0.2) is 48.3 Å². The number of thioether (sulfide) groups is 1. The maximum absolute atomic E-state index is 12.8. The molecule has 7 heteroatoms. The van der Waals surface area contributed by atoms with Crippen LogP contribution >= 0.6 is 11.8 Å². The zero-order valence-electron chi connectivity index (χ0n) is 11.9. The van der Waals surface area contributed by atoms with Crippen LogP contribution in [-0.2, 0) is 10.0 Å². The molecule has 1 aliphatic heterocycles. The maximum Gasteiger partial charge on any atom is 0.246 e. The first-order chi connectivity index (χ1) is 9.59. The Kier molecular flexibility index (Phi) is 5.29. The number of rotatable bonds is 5. The lowest BCUT2D eigenvalue weighted by Crippen LogP contribution is -2.41. The third-order valence-corrected chi connectivity index (χ3v) is 6.56. The molecule has 1 aliphatic rings. The van der Waals surface area contributed by atoms with Crippen molar-refractivity contribution in [3.05, 3.63) is 18.3 Å². The van der Waals surface area contributed by atoms with Crippen molar-refractivity contribution in [1.29, 1.82) is 0 Å². The largest absolute Gasteiger partial charge is 0.369 e. The number of hydrogen-bond acceptors (Lipinski definition) is 5. The van der Waals surface area contributed by atoms with Crippen molar-refractivity contribution < 1.29 is 8.42 Å². The first kappa shape index (κ1) is 15.6. The molecule has 20 heavy (non-hydrogen) atoms. The minimum Gasteiger partial charge on any atom is -0.369 e. The van der Waals surface area contributed by atoms with E-state index in [1.165, 1.54) is 0 Å². The smallest absolute Gasteiger partial charge is 0.246 e. The predicted molar refractivity (Wildman–Crippen MR) is 83.7 cm³/mol. The number of anilines is 1. The van der Waals surface area contributed by atoms with E-state index < -0.39 is 10.0 Å². The van der Waals surface area contributed by atoms with Crippen LogP contribution < -0.4 is 5.32 Å². The highest BCUT2D eigenvalue weighted by Gasteiger charge is 2.31. The average Bonchev–Trinajstić information content (AvgIpc) is 2.48. The van der Waals surface area contributed by atoms with Crippen molar-refractivity contribution in [3.8, 4) is 0 Å². The fourth-order valence-electron chi connectivity index (χ4n) is 2.20. The summed E-state index contributed by atoms with van der Waals surface area (Å²) in [5.74, 6) is 1.30. The molecule has 0 aliphatic carbocycles. The highest BCUT2D eigenvalue weighted by molar-refractivity contribution is 8.00. The molecule has 0 saturated carbocycles. The summed E-state index contributed by atoms with van der Waals surface area (Å²) in [7, 11) is -3.46. The highest BCUT2D eigenvalue weighted by atomic mass is 32.2. The molecular formula is C13H21N3O2S2. The molecule has 2 rings (SSSR count). The van der Waals surface area contributed by atoms with Crippen LogP contribution in [0.4, 0.5) is 5.82 Å². The number of pyridine rings is 1. The summed E-state index contributed by atoms with van der Waals surface area (Å²) < 4.78 is 27.2. The van der Waals surface area contributed by atoms with Crippen molar-refractivity contribution in [2.45, 2.75) is 30.4 Å². The number of hydrogen-bond donors (Lipinski definition) is 1. The van der Waals surface area contributed by atoms with Gasteiger partial charge in [-0.1, -0.05) is 6.92 Å². The zero-order valence-corrected chi connectivity index (χ0v) is 13.5. The van der Waals surface area contributed by atoms with Crippen LogP contribution in [0.3, 0.4) is 0 Å². The van der Waals surface area contributed by atoms with Gasteiger partial charge in [-0.3, -0.25) is 0 Å². The van der Waals surface area contributed by atoms with Gasteiger partial charge in [-0.2, -0.15) is 16.1 Å². The molecule has 1 aromatic rings. The molecule has 1 atom stereocenters. The molecular weight excluding hydrogens is 294 g/mol. The molecule has 1 aromatic heterocycles. The summed E-state index contributed by atoms with van der Waals surface area (Å²) in [4.78, 5) is 4.43. The topological polar surface area (TPSA) is 62.3 Å².